The molecule has 1 saturated heterocycles. The summed E-state index contributed by atoms with van der Waals surface area (Å²) in [6.45, 7) is 3.83. The van der Waals surface area contributed by atoms with Crippen LogP contribution in [0, 0.1) is 46.9 Å². The molecule has 0 amide bonds. The van der Waals surface area contributed by atoms with E-state index in [1.807, 2.05) is 6.07 Å². The van der Waals surface area contributed by atoms with E-state index in [2.05, 4.69) is 11.7 Å². The third kappa shape index (κ3) is 8.97. The molecule has 0 radical (unpaired) electrons. The zero-order valence-electron chi connectivity index (χ0n) is 26.2. The molecule has 0 spiro atoms. The summed E-state index contributed by atoms with van der Waals surface area (Å²) in [4.78, 5) is 0. The number of alkyl halides is 2. The third-order valence-corrected chi connectivity index (χ3v) is 10.2. The number of hydrogen-bond donors (Lipinski definition) is 0. The van der Waals surface area contributed by atoms with Gasteiger partial charge in [-0.2, -0.15) is 8.78 Å². The summed E-state index contributed by atoms with van der Waals surface area (Å²) in [7, 11) is 0. The van der Waals surface area contributed by atoms with Gasteiger partial charge in [0.05, 0.1) is 19.1 Å². The molecule has 2 aromatic carbocycles. The van der Waals surface area contributed by atoms with Crippen molar-refractivity contribution in [1.29, 1.82) is 0 Å². The van der Waals surface area contributed by atoms with E-state index in [1.54, 1.807) is 12.1 Å². The van der Waals surface area contributed by atoms with Gasteiger partial charge in [0.25, 0.3) is 0 Å². The van der Waals surface area contributed by atoms with Crippen molar-refractivity contribution < 1.29 is 40.6 Å². The largest absolute Gasteiger partial charge is 0.432 e. The minimum absolute atomic E-state index is 0.0597. The van der Waals surface area contributed by atoms with Crippen LogP contribution >= 0.6 is 0 Å². The molecule has 9 heteroatoms. The van der Waals surface area contributed by atoms with Gasteiger partial charge in [0.2, 0.25) is 0 Å². The second kappa shape index (κ2) is 15.6. The molecule has 2 aliphatic carbocycles. The van der Waals surface area contributed by atoms with Crippen LogP contribution in [0.5, 0.6) is 5.75 Å². The lowest BCUT2D eigenvalue weighted by atomic mass is 9.77. The number of unbranched alkanes of at least 4 members (excludes halogenated alkanes) is 2. The van der Waals surface area contributed by atoms with Crippen molar-refractivity contribution in [3.8, 4) is 5.75 Å². The maximum Gasteiger partial charge on any atom is 0.400 e. The molecule has 0 N–H and O–H groups in total. The van der Waals surface area contributed by atoms with E-state index in [-0.39, 0.29) is 30.9 Å². The number of aryl methyl sites for hydroxylation is 1. The van der Waals surface area contributed by atoms with Crippen LogP contribution in [0.3, 0.4) is 0 Å². The zero-order valence-corrected chi connectivity index (χ0v) is 26.2. The minimum Gasteiger partial charge on any atom is -0.432 e. The van der Waals surface area contributed by atoms with Crippen LogP contribution in [-0.4, -0.2) is 25.6 Å². The molecule has 1 heterocycles. The first-order valence-corrected chi connectivity index (χ1v) is 16.9. The second-order valence-corrected chi connectivity index (χ2v) is 13.5. The Labute approximate surface area is 263 Å². The number of hydrogen-bond acceptors (Lipinski definition) is 3. The van der Waals surface area contributed by atoms with Crippen molar-refractivity contribution >= 4 is 0 Å². The van der Waals surface area contributed by atoms with Crippen molar-refractivity contribution in [1.82, 2.24) is 0 Å². The average Bonchev–Trinajstić information content (AvgIpc) is 3.03. The van der Waals surface area contributed by atoms with Crippen LogP contribution < -0.4 is 4.74 Å². The van der Waals surface area contributed by atoms with Crippen molar-refractivity contribution in [2.45, 2.75) is 115 Å². The van der Waals surface area contributed by atoms with Gasteiger partial charge in [-0.3, -0.25) is 0 Å². The molecular weight excluding hydrogens is 594 g/mol. The van der Waals surface area contributed by atoms with Crippen LogP contribution in [0.15, 0.2) is 30.3 Å². The first-order valence-electron chi connectivity index (χ1n) is 16.9. The van der Waals surface area contributed by atoms with Crippen LogP contribution in [0.1, 0.15) is 107 Å². The highest BCUT2D eigenvalue weighted by molar-refractivity contribution is 5.28. The van der Waals surface area contributed by atoms with Crippen LogP contribution in [-0.2, 0) is 15.9 Å². The Hall–Kier alpha value is -2.26. The van der Waals surface area contributed by atoms with Gasteiger partial charge >= 0.3 is 6.11 Å². The van der Waals surface area contributed by atoms with Gasteiger partial charge in [0.15, 0.2) is 23.7 Å². The van der Waals surface area contributed by atoms with E-state index in [4.69, 9.17) is 9.47 Å². The molecule has 3 nitrogen and oxygen atoms in total. The average molecular weight is 641 g/mol. The quantitative estimate of drug-likeness (QED) is 0.131. The molecule has 0 unspecified atom stereocenters. The molecule has 0 atom stereocenters. The monoisotopic (exact) mass is 640 g/mol. The van der Waals surface area contributed by atoms with Crippen molar-refractivity contribution in [3.05, 3.63) is 64.7 Å². The van der Waals surface area contributed by atoms with Crippen LogP contribution in [0.4, 0.5) is 26.3 Å². The van der Waals surface area contributed by atoms with E-state index in [0.29, 0.717) is 48.3 Å². The van der Waals surface area contributed by atoms with Crippen LogP contribution in [0.25, 0.3) is 0 Å². The lowest BCUT2D eigenvalue weighted by molar-refractivity contribution is -0.230. The molecule has 45 heavy (non-hydrogen) atoms. The summed E-state index contributed by atoms with van der Waals surface area (Å²) in [5, 5.41) is 0. The summed E-state index contributed by atoms with van der Waals surface area (Å²) in [5.74, 6) is -5.85. The highest BCUT2D eigenvalue weighted by atomic mass is 19.3. The third-order valence-electron chi connectivity index (χ3n) is 10.2. The standard InChI is InChI=1S/C36H46F6O3/c1-2-3-4-5-25-21-43-35(44-22-25)27-11-8-23(9-12-27)6-7-24-10-17-30(31(37)18-24)26-13-15-28(16-14-26)36(41,42)45-29-19-32(38)34(40)33(39)20-29/h10,17-20,23,25-28,35H,2-9,11-16,21-22H2,1H3. The van der Waals surface area contributed by atoms with Gasteiger partial charge < -0.3 is 14.2 Å². The maximum absolute atomic E-state index is 15.2. The summed E-state index contributed by atoms with van der Waals surface area (Å²) in [5.41, 5.74) is 1.48. The number of rotatable bonds is 12. The summed E-state index contributed by atoms with van der Waals surface area (Å²) >= 11 is 0. The van der Waals surface area contributed by atoms with E-state index in [9.17, 15) is 22.0 Å². The van der Waals surface area contributed by atoms with E-state index in [1.165, 1.54) is 25.7 Å². The highest BCUT2D eigenvalue weighted by Gasteiger charge is 2.44. The Morgan fingerprint density at radius 2 is 1.42 bits per heavy atom. The topological polar surface area (TPSA) is 27.7 Å². The summed E-state index contributed by atoms with van der Waals surface area (Å²) < 4.78 is 102. The first kappa shape index (κ1) is 34.1. The fourth-order valence-corrected chi connectivity index (χ4v) is 7.43. The summed E-state index contributed by atoms with van der Waals surface area (Å²) in [6, 6.07) is 6.14. The molecule has 1 aliphatic heterocycles. The molecular formula is C36H46F6O3. The highest BCUT2D eigenvalue weighted by Crippen LogP contribution is 2.44. The van der Waals surface area contributed by atoms with Gasteiger partial charge in [-0.05, 0) is 99.7 Å². The molecule has 5 rings (SSSR count). The Balaban J connectivity index is 1.03. The number of benzene rings is 2. The molecule has 2 aromatic rings. The van der Waals surface area contributed by atoms with Gasteiger partial charge in [-0.25, -0.2) is 17.6 Å². The van der Waals surface area contributed by atoms with E-state index in [0.717, 1.165) is 57.3 Å². The molecule has 250 valence electrons. The molecule has 0 bridgehead atoms. The molecule has 3 fully saturated rings. The SMILES string of the molecule is CCCCCC1COC(C2CCC(CCc3ccc(C4CCC(C(F)(F)Oc5cc(F)c(F)c(F)c5)CC4)c(F)c3)CC2)OC1. The second-order valence-electron chi connectivity index (χ2n) is 13.5. The predicted octanol–water partition coefficient (Wildman–Crippen LogP) is 10.5. The van der Waals surface area contributed by atoms with E-state index >= 15 is 4.39 Å². The fraction of sp³-hybridized carbons (Fsp3) is 0.667. The van der Waals surface area contributed by atoms with Crippen molar-refractivity contribution in [2.24, 2.45) is 23.7 Å². The predicted molar refractivity (Wildman–Crippen MR) is 160 cm³/mol. The Morgan fingerprint density at radius 1 is 0.756 bits per heavy atom. The Kier molecular flexibility index (Phi) is 11.8. The van der Waals surface area contributed by atoms with E-state index < -0.39 is 35.2 Å². The van der Waals surface area contributed by atoms with Gasteiger partial charge in [0.1, 0.15) is 11.6 Å². The zero-order chi connectivity index (χ0) is 32.0. The maximum atomic E-state index is 15.2. The Morgan fingerprint density at radius 3 is 2.04 bits per heavy atom. The van der Waals surface area contributed by atoms with Crippen LogP contribution in [0.2, 0.25) is 0 Å². The summed E-state index contributed by atoms with van der Waals surface area (Å²) in [6.07, 6.45) is 8.15. The van der Waals surface area contributed by atoms with Crippen molar-refractivity contribution in [2.75, 3.05) is 13.2 Å². The van der Waals surface area contributed by atoms with Crippen molar-refractivity contribution in [3.63, 3.8) is 0 Å². The molecule has 0 aromatic heterocycles. The first-order chi connectivity index (χ1) is 21.6. The van der Waals surface area contributed by atoms with Gasteiger partial charge in [-0.15, -0.1) is 0 Å². The smallest absolute Gasteiger partial charge is 0.400 e. The molecule has 3 aliphatic rings. The van der Waals surface area contributed by atoms with Gasteiger partial charge in [0, 0.05) is 24.0 Å². The minimum atomic E-state index is -3.70. The number of ether oxygens (including phenoxy) is 3. The Bertz CT molecular complexity index is 1210. The lowest BCUT2D eigenvalue weighted by Crippen LogP contribution is -2.38. The van der Waals surface area contributed by atoms with Gasteiger partial charge in [-0.1, -0.05) is 38.3 Å². The molecule has 2 saturated carbocycles. The number of halogens is 6. The normalized spacial score (nSPS) is 27.8. The lowest BCUT2D eigenvalue weighted by Gasteiger charge is -2.37. The fourth-order valence-electron chi connectivity index (χ4n) is 7.43.